The molecule has 156 valence electrons. The number of ether oxygens (including phenoxy) is 3. The van der Waals surface area contributed by atoms with Crippen LogP contribution in [-0.2, 0) is 20.9 Å². The number of anilines is 1. The van der Waals surface area contributed by atoms with E-state index in [1.54, 1.807) is 30.3 Å². The van der Waals surface area contributed by atoms with Crippen molar-refractivity contribution in [2.24, 2.45) is 0 Å². The van der Waals surface area contributed by atoms with E-state index in [1.165, 1.54) is 7.11 Å². The van der Waals surface area contributed by atoms with Gasteiger partial charge in [0.1, 0.15) is 5.75 Å². The molecule has 0 aliphatic rings. The number of aromatic nitrogens is 2. The number of carbonyl (C=O) groups excluding carboxylic acids is 2. The Kier molecular flexibility index (Phi) is 7.12. The highest BCUT2D eigenvalue weighted by atomic mass is 16.5. The van der Waals surface area contributed by atoms with Gasteiger partial charge in [0.05, 0.1) is 19.3 Å². The molecule has 1 amide bonds. The van der Waals surface area contributed by atoms with Gasteiger partial charge < -0.3 is 18.6 Å². The van der Waals surface area contributed by atoms with E-state index in [1.807, 2.05) is 25.1 Å². The summed E-state index contributed by atoms with van der Waals surface area (Å²) in [5.41, 5.74) is 1.71. The fourth-order valence-electron chi connectivity index (χ4n) is 2.57. The first-order valence-electron chi connectivity index (χ1n) is 9.21. The van der Waals surface area contributed by atoms with E-state index < -0.39 is 18.5 Å². The number of methoxy groups -OCH3 is 1. The maximum atomic E-state index is 12.3. The molecule has 1 heterocycles. The standard InChI is InChI=1S/C21H21N3O6/c1-3-28-12-16-11-15(9-10-17(16)27-2)20(26)29-13-18(25)22-21-24-23-19(30-21)14-7-5-4-6-8-14/h4-11H,3,12-13H2,1-2H3,(H,22,24,25). The van der Waals surface area contributed by atoms with Gasteiger partial charge in [-0.05, 0) is 37.3 Å². The highest BCUT2D eigenvalue weighted by Gasteiger charge is 2.15. The Morgan fingerprint density at radius 1 is 1.10 bits per heavy atom. The lowest BCUT2D eigenvalue weighted by Gasteiger charge is -2.10. The summed E-state index contributed by atoms with van der Waals surface area (Å²) < 4.78 is 21.1. The van der Waals surface area contributed by atoms with Gasteiger partial charge in [-0.2, -0.15) is 0 Å². The van der Waals surface area contributed by atoms with Crippen LogP contribution in [0.15, 0.2) is 52.9 Å². The van der Waals surface area contributed by atoms with Gasteiger partial charge in [0, 0.05) is 17.7 Å². The van der Waals surface area contributed by atoms with E-state index in [0.717, 1.165) is 5.56 Å². The number of benzene rings is 2. The maximum absolute atomic E-state index is 12.3. The Morgan fingerprint density at radius 3 is 2.63 bits per heavy atom. The highest BCUT2D eigenvalue weighted by molar-refractivity contribution is 5.94. The van der Waals surface area contributed by atoms with Crippen molar-refractivity contribution in [3.8, 4) is 17.2 Å². The third-order valence-corrected chi connectivity index (χ3v) is 4.00. The number of rotatable bonds is 9. The zero-order chi connectivity index (χ0) is 21.3. The van der Waals surface area contributed by atoms with E-state index in [-0.39, 0.29) is 17.5 Å². The van der Waals surface area contributed by atoms with Gasteiger partial charge in [-0.15, -0.1) is 5.10 Å². The molecule has 0 fully saturated rings. The van der Waals surface area contributed by atoms with Crippen LogP contribution in [0.3, 0.4) is 0 Å². The van der Waals surface area contributed by atoms with Gasteiger partial charge in [-0.3, -0.25) is 10.1 Å². The minimum absolute atomic E-state index is 0.0849. The summed E-state index contributed by atoms with van der Waals surface area (Å²) in [6.45, 7) is 2.19. The number of carbonyl (C=O) groups is 2. The van der Waals surface area contributed by atoms with Gasteiger partial charge in [0.25, 0.3) is 5.91 Å². The van der Waals surface area contributed by atoms with Gasteiger partial charge >= 0.3 is 12.0 Å². The first-order chi connectivity index (χ1) is 14.6. The van der Waals surface area contributed by atoms with E-state index >= 15 is 0 Å². The summed E-state index contributed by atoms with van der Waals surface area (Å²) in [5, 5.41) is 10.0. The molecule has 1 N–H and O–H groups in total. The third kappa shape index (κ3) is 5.42. The van der Waals surface area contributed by atoms with Crippen LogP contribution in [0.5, 0.6) is 5.75 Å². The first kappa shape index (κ1) is 21.0. The second-order valence-electron chi connectivity index (χ2n) is 6.07. The molecule has 3 rings (SSSR count). The molecule has 0 saturated carbocycles. The SMILES string of the molecule is CCOCc1cc(C(=O)OCC(=O)Nc2nnc(-c3ccccc3)o2)ccc1OC. The quantitative estimate of drug-likeness (QED) is 0.535. The Labute approximate surface area is 173 Å². The van der Waals surface area contributed by atoms with Crippen molar-refractivity contribution < 1.29 is 28.2 Å². The van der Waals surface area contributed by atoms with Crippen molar-refractivity contribution in [3.63, 3.8) is 0 Å². The molecule has 1 aromatic heterocycles. The Bertz CT molecular complexity index is 1000. The summed E-state index contributed by atoms with van der Waals surface area (Å²) in [7, 11) is 1.54. The number of nitrogens with one attached hydrogen (secondary N) is 1. The van der Waals surface area contributed by atoms with Crippen LogP contribution < -0.4 is 10.1 Å². The number of hydrogen-bond acceptors (Lipinski definition) is 8. The van der Waals surface area contributed by atoms with Crippen molar-refractivity contribution in [3.05, 3.63) is 59.7 Å². The maximum Gasteiger partial charge on any atom is 0.338 e. The molecule has 0 aliphatic carbocycles. The van der Waals surface area contributed by atoms with Crippen molar-refractivity contribution in [2.75, 3.05) is 25.6 Å². The van der Waals surface area contributed by atoms with E-state index in [2.05, 4.69) is 15.5 Å². The monoisotopic (exact) mass is 411 g/mol. The summed E-state index contributed by atoms with van der Waals surface area (Å²) in [5.74, 6) is -0.387. The normalized spacial score (nSPS) is 10.5. The molecule has 9 heteroatoms. The van der Waals surface area contributed by atoms with E-state index in [0.29, 0.717) is 24.5 Å². The molecular formula is C21H21N3O6. The molecule has 9 nitrogen and oxygen atoms in total. The van der Waals surface area contributed by atoms with E-state index in [4.69, 9.17) is 18.6 Å². The van der Waals surface area contributed by atoms with Crippen LogP contribution in [0, 0.1) is 0 Å². The Balaban J connectivity index is 1.56. The van der Waals surface area contributed by atoms with Crippen LogP contribution >= 0.6 is 0 Å². The van der Waals surface area contributed by atoms with Gasteiger partial charge in [-0.1, -0.05) is 23.3 Å². The highest BCUT2D eigenvalue weighted by Crippen LogP contribution is 2.22. The molecule has 0 unspecified atom stereocenters. The molecule has 3 aromatic rings. The van der Waals surface area contributed by atoms with Crippen LogP contribution in [0.2, 0.25) is 0 Å². The van der Waals surface area contributed by atoms with Crippen molar-refractivity contribution in [1.82, 2.24) is 10.2 Å². The predicted octanol–water partition coefficient (Wildman–Crippen LogP) is 3.08. The second-order valence-corrected chi connectivity index (χ2v) is 6.07. The number of hydrogen-bond donors (Lipinski definition) is 1. The molecule has 0 radical (unpaired) electrons. The lowest BCUT2D eigenvalue weighted by molar-refractivity contribution is -0.119. The van der Waals surface area contributed by atoms with Crippen LogP contribution in [-0.4, -0.2) is 42.4 Å². The van der Waals surface area contributed by atoms with Crippen LogP contribution in [0.4, 0.5) is 6.01 Å². The van der Waals surface area contributed by atoms with Crippen molar-refractivity contribution >= 4 is 17.9 Å². The molecule has 0 bridgehead atoms. The molecule has 0 spiro atoms. The number of nitrogens with zero attached hydrogens (tertiary/aromatic N) is 2. The molecule has 30 heavy (non-hydrogen) atoms. The number of esters is 1. The first-order valence-corrected chi connectivity index (χ1v) is 9.21. The molecule has 2 aromatic carbocycles. The molecule has 0 saturated heterocycles. The van der Waals surface area contributed by atoms with E-state index in [9.17, 15) is 9.59 Å². The zero-order valence-corrected chi connectivity index (χ0v) is 16.6. The predicted molar refractivity (Wildman–Crippen MR) is 107 cm³/mol. The lowest BCUT2D eigenvalue weighted by Crippen LogP contribution is -2.21. The summed E-state index contributed by atoms with van der Waals surface area (Å²) in [6, 6.07) is 13.8. The minimum atomic E-state index is -0.652. The Hall–Kier alpha value is -3.72. The van der Waals surface area contributed by atoms with Crippen LogP contribution in [0.25, 0.3) is 11.5 Å². The second kappa shape index (κ2) is 10.2. The largest absolute Gasteiger partial charge is 0.496 e. The Morgan fingerprint density at radius 2 is 1.90 bits per heavy atom. The fraction of sp³-hybridized carbons (Fsp3) is 0.238. The average Bonchev–Trinajstić information content (AvgIpc) is 3.24. The topological polar surface area (TPSA) is 113 Å². The van der Waals surface area contributed by atoms with Crippen molar-refractivity contribution in [2.45, 2.75) is 13.5 Å². The van der Waals surface area contributed by atoms with Gasteiger partial charge in [-0.25, -0.2) is 4.79 Å². The minimum Gasteiger partial charge on any atom is -0.496 e. The number of amides is 1. The summed E-state index contributed by atoms with van der Waals surface area (Å²) in [4.78, 5) is 24.3. The summed E-state index contributed by atoms with van der Waals surface area (Å²) in [6.07, 6.45) is 0. The molecular weight excluding hydrogens is 390 g/mol. The molecule has 0 aliphatic heterocycles. The average molecular weight is 411 g/mol. The summed E-state index contributed by atoms with van der Waals surface area (Å²) >= 11 is 0. The fourth-order valence-corrected chi connectivity index (χ4v) is 2.57. The van der Waals surface area contributed by atoms with Gasteiger partial charge in [0.2, 0.25) is 5.89 Å². The smallest absolute Gasteiger partial charge is 0.338 e. The zero-order valence-electron chi connectivity index (χ0n) is 16.6. The lowest BCUT2D eigenvalue weighted by atomic mass is 10.1. The van der Waals surface area contributed by atoms with Crippen LogP contribution in [0.1, 0.15) is 22.8 Å². The van der Waals surface area contributed by atoms with Crippen molar-refractivity contribution in [1.29, 1.82) is 0 Å². The third-order valence-electron chi connectivity index (χ3n) is 4.00. The molecule has 0 atom stereocenters. The van der Waals surface area contributed by atoms with Gasteiger partial charge in [0.15, 0.2) is 6.61 Å².